The molecule has 0 unspecified atom stereocenters. The van der Waals surface area contributed by atoms with E-state index in [-0.39, 0.29) is 0 Å². The van der Waals surface area contributed by atoms with E-state index in [0.717, 1.165) is 0 Å². The zero-order valence-electron chi connectivity index (χ0n) is 5.51. The molecule has 5 heteroatoms. The van der Waals surface area contributed by atoms with Crippen LogP contribution in [0.4, 0.5) is 0 Å². The molecule has 0 saturated heterocycles. The van der Waals surface area contributed by atoms with Crippen LogP contribution in [-0.4, -0.2) is 25.9 Å². The molecule has 0 atom stereocenters. The van der Waals surface area contributed by atoms with E-state index in [1.807, 2.05) is 0 Å². The molecule has 2 aromatic heterocycles. The van der Waals surface area contributed by atoms with Gasteiger partial charge in [-0.05, 0) is 0 Å². The molecular formula is C6H4N4O. The fourth-order valence-corrected chi connectivity index (χ4v) is 0.829. The van der Waals surface area contributed by atoms with Gasteiger partial charge in [0.15, 0.2) is 6.29 Å². The second kappa shape index (κ2) is 2.12. The first-order valence-electron chi connectivity index (χ1n) is 3.02. The summed E-state index contributed by atoms with van der Waals surface area (Å²) in [5.74, 6) is 0.439. The average molecular weight is 148 g/mol. The predicted octanol–water partition coefficient (Wildman–Crippen LogP) is -0.0632. The Bertz CT molecular complexity index is 361. The third-order valence-electron chi connectivity index (χ3n) is 1.29. The molecule has 0 bridgehead atoms. The van der Waals surface area contributed by atoms with E-state index in [9.17, 15) is 4.79 Å². The van der Waals surface area contributed by atoms with Crippen LogP contribution in [0.5, 0.6) is 0 Å². The Kier molecular flexibility index (Phi) is 1.15. The number of aromatic nitrogens is 4. The lowest BCUT2D eigenvalue weighted by molar-refractivity contribution is 0.111. The van der Waals surface area contributed by atoms with Crippen LogP contribution in [-0.2, 0) is 0 Å². The van der Waals surface area contributed by atoms with Crippen molar-refractivity contribution in [1.29, 1.82) is 0 Å². The predicted molar refractivity (Wildman–Crippen MR) is 36.2 cm³/mol. The average Bonchev–Trinajstić information content (AvgIpc) is 2.46. The molecule has 0 spiro atoms. The lowest BCUT2D eigenvalue weighted by Crippen LogP contribution is -1.87. The number of carbonyl (C=O) groups excluding carboxylic acids is 1. The summed E-state index contributed by atoms with van der Waals surface area (Å²) < 4.78 is 1.64. The fraction of sp³-hybridized carbons (Fsp3) is 0. The number of aldehydes is 1. The monoisotopic (exact) mass is 148 g/mol. The molecule has 2 aromatic rings. The summed E-state index contributed by atoms with van der Waals surface area (Å²) in [6.45, 7) is 0. The van der Waals surface area contributed by atoms with Crippen LogP contribution in [0, 0.1) is 0 Å². The highest BCUT2D eigenvalue weighted by Crippen LogP contribution is 1.96. The summed E-state index contributed by atoms with van der Waals surface area (Å²) in [5.41, 5.74) is 0.366. The van der Waals surface area contributed by atoms with Crippen LogP contribution >= 0.6 is 0 Å². The number of rotatable bonds is 1. The number of hydrogen-bond acceptors (Lipinski definition) is 4. The van der Waals surface area contributed by atoms with Crippen LogP contribution in [0.3, 0.4) is 0 Å². The van der Waals surface area contributed by atoms with E-state index in [1.165, 1.54) is 6.20 Å². The summed E-state index contributed by atoms with van der Waals surface area (Å²) in [4.78, 5) is 14.1. The fourth-order valence-electron chi connectivity index (χ4n) is 0.829. The highest BCUT2D eigenvalue weighted by Gasteiger charge is 1.98. The van der Waals surface area contributed by atoms with Gasteiger partial charge in [0.1, 0.15) is 5.69 Å². The van der Waals surface area contributed by atoms with Crippen molar-refractivity contribution in [3.63, 3.8) is 0 Å². The minimum absolute atomic E-state index is 0.366. The number of fused-ring (bicyclic) bond motifs is 1. The molecule has 5 nitrogen and oxygen atoms in total. The van der Waals surface area contributed by atoms with Crippen LogP contribution in [0.15, 0.2) is 18.6 Å². The number of hydrogen-bond donors (Lipinski definition) is 0. The maximum atomic E-state index is 10.3. The van der Waals surface area contributed by atoms with E-state index in [4.69, 9.17) is 0 Å². The maximum Gasteiger partial charge on any atom is 0.254 e. The van der Waals surface area contributed by atoms with Crippen LogP contribution < -0.4 is 0 Å². The zero-order chi connectivity index (χ0) is 7.68. The van der Waals surface area contributed by atoms with Gasteiger partial charge in [-0.1, -0.05) is 0 Å². The zero-order valence-corrected chi connectivity index (χ0v) is 5.51. The number of imidazole rings is 1. The second-order valence-corrected chi connectivity index (χ2v) is 2.00. The first-order valence-corrected chi connectivity index (χ1v) is 3.02. The van der Waals surface area contributed by atoms with Gasteiger partial charge in [0.05, 0.1) is 6.20 Å². The van der Waals surface area contributed by atoms with Gasteiger partial charge in [-0.15, -0.1) is 5.10 Å². The minimum Gasteiger partial charge on any atom is -0.296 e. The number of carbonyl (C=O) groups is 1. The van der Waals surface area contributed by atoms with Crippen molar-refractivity contribution in [2.75, 3.05) is 0 Å². The van der Waals surface area contributed by atoms with E-state index in [1.54, 1.807) is 16.8 Å². The molecule has 2 heterocycles. The van der Waals surface area contributed by atoms with E-state index in [0.29, 0.717) is 17.8 Å². The molecule has 0 aliphatic heterocycles. The summed E-state index contributed by atoms with van der Waals surface area (Å²) in [5, 5.41) is 7.30. The van der Waals surface area contributed by atoms with Gasteiger partial charge >= 0.3 is 0 Å². The molecule has 0 N–H and O–H groups in total. The second-order valence-electron chi connectivity index (χ2n) is 2.00. The van der Waals surface area contributed by atoms with Crippen molar-refractivity contribution >= 4 is 12.1 Å². The first kappa shape index (κ1) is 5.96. The summed E-state index contributed by atoms with van der Waals surface area (Å²) in [7, 11) is 0. The Morgan fingerprint density at radius 2 is 2.45 bits per heavy atom. The Labute approximate surface area is 61.7 Å². The first-order chi connectivity index (χ1) is 5.40. The topological polar surface area (TPSA) is 60.2 Å². The van der Waals surface area contributed by atoms with Crippen molar-refractivity contribution in [3.05, 3.63) is 24.3 Å². The lowest BCUT2D eigenvalue weighted by Gasteiger charge is -1.84. The van der Waals surface area contributed by atoms with Gasteiger partial charge in [0.2, 0.25) is 0 Å². The molecule has 0 aliphatic rings. The molecular weight excluding hydrogens is 144 g/mol. The molecule has 0 aliphatic carbocycles. The van der Waals surface area contributed by atoms with E-state index in [2.05, 4.69) is 15.2 Å². The van der Waals surface area contributed by atoms with Crippen LogP contribution in [0.2, 0.25) is 0 Å². The molecule has 0 fully saturated rings. The van der Waals surface area contributed by atoms with Gasteiger partial charge in [0, 0.05) is 12.4 Å². The van der Waals surface area contributed by atoms with E-state index >= 15 is 0 Å². The molecule has 54 valence electrons. The van der Waals surface area contributed by atoms with Crippen molar-refractivity contribution in [3.8, 4) is 0 Å². The van der Waals surface area contributed by atoms with Crippen molar-refractivity contribution in [2.24, 2.45) is 0 Å². The quantitative estimate of drug-likeness (QED) is 0.531. The SMILES string of the molecule is O=Cc1cn2ccnnc2n1. The number of nitrogens with zero attached hydrogens (tertiary/aromatic N) is 4. The highest BCUT2D eigenvalue weighted by atomic mass is 16.1. The molecule has 11 heavy (non-hydrogen) atoms. The molecule has 0 amide bonds. The Balaban J connectivity index is 2.78. The Morgan fingerprint density at radius 1 is 1.55 bits per heavy atom. The minimum atomic E-state index is 0.366. The Hall–Kier alpha value is -1.78. The van der Waals surface area contributed by atoms with E-state index < -0.39 is 0 Å². The normalized spacial score (nSPS) is 10.2. The van der Waals surface area contributed by atoms with Gasteiger partial charge in [0.25, 0.3) is 5.78 Å². The summed E-state index contributed by atoms with van der Waals surface area (Å²) in [6.07, 6.45) is 5.48. The summed E-state index contributed by atoms with van der Waals surface area (Å²) in [6, 6.07) is 0. The third-order valence-corrected chi connectivity index (χ3v) is 1.29. The van der Waals surface area contributed by atoms with Gasteiger partial charge in [-0.3, -0.25) is 9.20 Å². The smallest absolute Gasteiger partial charge is 0.254 e. The molecule has 0 radical (unpaired) electrons. The van der Waals surface area contributed by atoms with Crippen LogP contribution in [0.25, 0.3) is 5.78 Å². The third kappa shape index (κ3) is 0.861. The van der Waals surface area contributed by atoms with Crippen molar-refractivity contribution < 1.29 is 4.79 Å². The molecule has 0 aromatic carbocycles. The van der Waals surface area contributed by atoms with Gasteiger partial charge < -0.3 is 0 Å². The highest BCUT2D eigenvalue weighted by molar-refractivity contribution is 5.72. The maximum absolute atomic E-state index is 10.3. The molecule has 0 saturated carbocycles. The van der Waals surface area contributed by atoms with Crippen molar-refractivity contribution in [2.45, 2.75) is 0 Å². The summed E-state index contributed by atoms with van der Waals surface area (Å²) >= 11 is 0. The van der Waals surface area contributed by atoms with Crippen LogP contribution in [0.1, 0.15) is 10.5 Å². The standard InChI is InChI=1S/C6H4N4O/c11-4-5-3-10-2-1-7-9-6(10)8-5/h1-4H. The van der Waals surface area contributed by atoms with Gasteiger partial charge in [-0.25, -0.2) is 4.98 Å². The van der Waals surface area contributed by atoms with Crippen molar-refractivity contribution in [1.82, 2.24) is 19.6 Å². The largest absolute Gasteiger partial charge is 0.296 e. The lowest BCUT2D eigenvalue weighted by atomic mass is 10.5. The van der Waals surface area contributed by atoms with Gasteiger partial charge in [-0.2, -0.15) is 5.10 Å². The Morgan fingerprint density at radius 3 is 3.18 bits per heavy atom. The molecule has 2 rings (SSSR count).